The summed E-state index contributed by atoms with van der Waals surface area (Å²) in [6, 6.07) is 16.1. The lowest BCUT2D eigenvalue weighted by atomic mass is 10.0. The number of urea groups is 1. The van der Waals surface area contributed by atoms with Crippen LogP contribution >= 0.6 is 23.2 Å². The van der Waals surface area contributed by atoms with E-state index in [-0.39, 0.29) is 12.2 Å². The van der Waals surface area contributed by atoms with Crippen molar-refractivity contribution >= 4 is 52.8 Å². The Kier molecular flexibility index (Phi) is 7.96. The van der Waals surface area contributed by atoms with Gasteiger partial charge in [-0.2, -0.15) is 0 Å². The van der Waals surface area contributed by atoms with Crippen molar-refractivity contribution in [1.82, 2.24) is 5.32 Å². The molecule has 4 amide bonds. The van der Waals surface area contributed by atoms with Crippen LogP contribution in [0.15, 0.2) is 78.9 Å². The largest absolute Gasteiger partial charge is 0.493 e. The van der Waals surface area contributed by atoms with Gasteiger partial charge in [0.1, 0.15) is 12.2 Å². The van der Waals surface area contributed by atoms with Crippen LogP contribution < -0.4 is 19.7 Å². The molecule has 0 radical (unpaired) electrons. The molecule has 1 aliphatic rings. The predicted molar refractivity (Wildman–Crippen MR) is 143 cm³/mol. The summed E-state index contributed by atoms with van der Waals surface area (Å²) >= 11 is 12.3. The van der Waals surface area contributed by atoms with E-state index in [1.165, 1.54) is 13.2 Å². The van der Waals surface area contributed by atoms with E-state index in [2.05, 4.69) is 11.9 Å². The van der Waals surface area contributed by atoms with E-state index in [9.17, 15) is 14.4 Å². The molecular formula is C28H22Cl2N2O5. The highest BCUT2D eigenvalue weighted by Crippen LogP contribution is 2.36. The fourth-order valence-corrected chi connectivity index (χ4v) is 4.28. The van der Waals surface area contributed by atoms with Crippen LogP contribution in [-0.4, -0.2) is 25.0 Å². The average molecular weight is 537 g/mol. The number of para-hydroxylation sites is 1. The summed E-state index contributed by atoms with van der Waals surface area (Å²) in [7, 11) is 1.49. The Bertz CT molecular complexity index is 1420. The Morgan fingerprint density at radius 2 is 1.76 bits per heavy atom. The molecule has 1 N–H and O–H groups in total. The van der Waals surface area contributed by atoms with Gasteiger partial charge in [0.15, 0.2) is 11.5 Å². The van der Waals surface area contributed by atoms with E-state index in [0.717, 1.165) is 10.5 Å². The smallest absolute Gasteiger partial charge is 0.335 e. The van der Waals surface area contributed by atoms with Gasteiger partial charge in [0.25, 0.3) is 11.8 Å². The standard InChI is InChI=1S/C28H22Cl2N2O5/c1-3-7-18-12-17(14-24(36-2)25(18)37-16-19-10-11-20(29)15-23(19)30)13-22-26(33)31-28(35)32(27(22)34)21-8-5-4-6-9-21/h3-6,8-15H,1,7,16H2,2H3,(H,31,33,35)/b22-13+. The number of halogens is 2. The Morgan fingerprint density at radius 1 is 1.00 bits per heavy atom. The summed E-state index contributed by atoms with van der Waals surface area (Å²) in [4.78, 5) is 39.1. The third-order valence-corrected chi connectivity index (χ3v) is 6.14. The second-order valence-electron chi connectivity index (χ2n) is 8.02. The van der Waals surface area contributed by atoms with Crippen molar-refractivity contribution in [2.75, 3.05) is 12.0 Å². The molecule has 0 unspecified atom stereocenters. The Balaban J connectivity index is 1.70. The van der Waals surface area contributed by atoms with Crippen LogP contribution in [0.1, 0.15) is 16.7 Å². The normalized spacial score (nSPS) is 14.5. The summed E-state index contributed by atoms with van der Waals surface area (Å²) in [6.45, 7) is 3.96. The first-order valence-corrected chi connectivity index (χ1v) is 11.9. The lowest BCUT2D eigenvalue weighted by molar-refractivity contribution is -0.122. The van der Waals surface area contributed by atoms with E-state index < -0.39 is 17.8 Å². The van der Waals surface area contributed by atoms with E-state index >= 15 is 0 Å². The first kappa shape index (κ1) is 26.0. The van der Waals surface area contributed by atoms with Crippen LogP contribution in [0.25, 0.3) is 6.08 Å². The van der Waals surface area contributed by atoms with Crippen LogP contribution in [0.5, 0.6) is 11.5 Å². The minimum Gasteiger partial charge on any atom is -0.493 e. The number of hydrogen-bond donors (Lipinski definition) is 1. The van der Waals surface area contributed by atoms with Gasteiger partial charge in [-0.3, -0.25) is 14.9 Å². The number of barbiturate groups is 1. The number of hydrogen-bond acceptors (Lipinski definition) is 5. The molecule has 0 bridgehead atoms. The minimum atomic E-state index is -0.812. The quantitative estimate of drug-likeness (QED) is 0.217. The molecular weight excluding hydrogens is 515 g/mol. The molecule has 3 aromatic carbocycles. The maximum atomic E-state index is 13.2. The molecule has 188 valence electrons. The first-order valence-electron chi connectivity index (χ1n) is 11.2. The van der Waals surface area contributed by atoms with E-state index in [1.54, 1.807) is 66.7 Å². The van der Waals surface area contributed by atoms with Gasteiger partial charge in [0, 0.05) is 21.2 Å². The molecule has 9 heteroatoms. The lowest BCUT2D eigenvalue weighted by Gasteiger charge is -2.26. The van der Waals surface area contributed by atoms with E-state index in [1.807, 2.05) is 0 Å². The SMILES string of the molecule is C=CCc1cc(/C=C2\C(=O)NC(=O)N(c3ccccc3)C2=O)cc(OC)c1OCc1ccc(Cl)cc1Cl. The first-order chi connectivity index (χ1) is 17.8. The number of anilines is 1. The number of ether oxygens (including phenoxy) is 2. The highest BCUT2D eigenvalue weighted by Gasteiger charge is 2.36. The minimum absolute atomic E-state index is 0.159. The van der Waals surface area contributed by atoms with E-state index in [4.69, 9.17) is 32.7 Å². The van der Waals surface area contributed by atoms with Crippen molar-refractivity contribution in [2.45, 2.75) is 13.0 Å². The number of carbonyl (C=O) groups is 3. The van der Waals surface area contributed by atoms with Gasteiger partial charge in [-0.25, -0.2) is 9.69 Å². The lowest BCUT2D eigenvalue weighted by Crippen LogP contribution is -2.54. The van der Waals surface area contributed by atoms with Crippen molar-refractivity contribution < 1.29 is 23.9 Å². The molecule has 1 saturated heterocycles. The second-order valence-corrected chi connectivity index (χ2v) is 8.87. The summed E-state index contributed by atoms with van der Waals surface area (Å²) in [5, 5.41) is 3.21. The average Bonchev–Trinajstić information content (AvgIpc) is 2.87. The Morgan fingerprint density at radius 3 is 2.43 bits per heavy atom. The highest BCUT2D eigenvalue weighted by atomic mass is 35.5. The molecule has 0 spiro atoms. The van der Waals surface area contributed by atoms with Crippen LogP contribution in [0.2, 0.25) is 10.0 Å². The maximum absolute atomic E-state index is 13.2. The van der Waals surface area contributed by atoms with Crippen molar-refractivity contribution in [3.8, 4) is 11.5 Å². The van der Waals surface area contributed by atoms with Crippen molar-refractivity contribution in [1.29, 1.82) is 0 Å². The second kappa shape index (κ2) is 11.3. The third kappa shape index (κ3) is 5.69. The number of imide groups is 2. The van der Waals surface area contributed by atoms with Gasteiger partial charge < -0.3 is 9.47 Å². The zero-order valence-corrected chi connectivity index (χ0v) is 21.3. The number of nitrogens with one attached hydrogen (secondary N) is 1. The molecule has 1 aliphatic heterocycles. The van der Waals surface area contributed by atoms with Crippen LogP contribution in [0, 0.1) is 0 Å². The van der Waals surface area contributed by atoms with Gasteiger partial charge in [-0.15, -0.1) is 6.58 Å². The molecule has 1 heterocycles. The van der Waals surface area contributed by atoms with Crippen molar-refractivity contribution in [3.05, 3.63) is 106 Å². The monoisotopic (exact) mass is 536 g/mol. The number of amides is 4. The molecule has 0 aliphatic carbocycles. The molecule has 0 aromatic heterocycles. The third-order valence-electron chi connectivity index (χ3n) is 5.55. The van der Waals surface area contributed by atoms with Gasteiger partial charge in [0.05, 0.1) is 12.8 Å². The van der Waals surface area contributed by atoms with Gasteiger partial charge in [-0.05, 0) is 54.5 Å². The Labute approximate surface area is 223 Å². The van der Waals surface area contributed by atoms with Crippen molar-refractivity contribution in [2.24, 2.45) is 0 Å². The summed E-state index contributed by atoms with van der Waals surface area (Å²) in [5.74, 6) is -0.668. The van der Waals surface area contributed by atoms with Gasteiger partial charge in [-0.1, -0.05) is 53.5 Å². The van der Waals surface area contributed by atoms with Crippen LogP contribution in [-0.2, 0) is 22.6 Å². The topological polar surface area (TPSA) is 84.9 Å². The number of nitrogens with zero attached hydrogens (tertiary/aromatic N) is 1. The van der Waals surface area contributed by atoms with Crippen LogP contribution in [0.4, 0.5) is 10.5 Å². The maximum Gasteiger partial charge on any atom is 0.335 e. The van der Waals surface area contributed by atoms with Crippen molar-refractivity contribution in [3.63, 3.8) is 0 Å². The number of methoxy groups -OCH3 is 1. The zero-order chi connectivity index (χ0) is 26.5. The van der Waals surface area contributed by atoms with Gasteiger partial charge >= 0.3 is 6.03 Å². The molecule has 0 atom stereocenters. The fraction of sp³-hybridized carbons (Fsp3) is 0.107. The number of rotatable bonds is 8. The summed E-state index contributed by atoms with van der Waals surface area (Å²) in [5.41, 5.74) is 2.10. The van der Waals surface area contributed by atoms with E-state index in [0.29, 0.717) is 44.8 Å². The molecule has 7 nitrogen and oxygen atoms in total. The molecule has 4 rings (SSSR count). The molecule has 37 heavy (non-hydrogen) atoms. The fourth-order valence-electron chi connectivity index (χ4n) is 3.81. The van der Waals surface area contributed by atoms with Gasteiger partial charge in [0.2, 0.25) is 0 Å². The molecule has 3 aromatic rings. The van der Waals surface area contributed by atoms with Crippen LogP contribution in [0.3, 0.4) is 0 Å². The Hall–Kier alpha value is -4.07. The molecule has 0 saturated carbocycles. The molecule has 1 fully saturated rings. The summed E-state index contributed by atoms with van der Waals surface area (Å²) < 4.78 is 11.6. The zero-order valence-electron chi connectivity index (χ0n) is 19.8. The number of carbonyl (C=O) groups excluding carboxylic acids is 3. The predicted octanol–water partition coefficient (Wildman–Crippen LogP) is 5.98. The summed E-state index contributed by atoms with van der Waals surface area (Å²) in [6.07, 6.45) is 3.53. The number of benzene rings is 3. The highest BCUT2D eigenvalue weighted by molar-refractivity contribution is 6.39. The number of allylic oxidation sites excluding steroid dienone is 1.